The number of halogens is 1. The Labute approximate surface area is 198 Å². The van der Waals surface area contributed by atoms with E-state index in [-0.39, 0.29) is 11.8 Å². The largest absolute Gasteiger partial charge is 0.300 e. The van der Waals surface area contributed by atoms with E-state index in [4.69, 9.17) is 4.99 Å². The Morgan fingerprint density at radius 2 is 1.87 bits per heavy atom. The number of carbonyl (C=O) groups is 1. The molecule has 0 radical (unpaired) electrons. The molecule has 156 valence electrons. The van der Waals surface area contributed by atoms with Gasteiger partial charge in [0, 0.05) is 27.2 Å². The van der Waals surface area contributed by atoms with Gasteiger partial charge in [0.15, 0.2) is 5.78 Å². The topological polar surface area (TPSA) is 47.2 Å². The number of imidazole rings is 1. The van der Waals surface area contributed by atoms with Crippen LogP contribution in [-0.4, -0.2) is 29.1 Å². The fraction of sp³-hybridized carbons (Fsp3) is 0.240. The van der Waals surface area contributed by atoms with Crippen LogP contribution >= 0.6 is 22.6 Å². The molecule has 1 aliphatic heterocycles. The molecule has 1 aromatic heterocycles. The Morgan fingerprint density at radius 1 is 1.13 bits per heavy atom. The van der Waals surface area contributed by atoms with E-state index in [1.807, 2.05) is 29.7 Å². The molecule has 2 aromatic carbocycles. The SMILES string of the molecule is CC(=O)c1ncn2c1[C@@H](C)N=C(c1ccccc1I)c1cc(C#C[Si](C)(C)C)ccc1-2. The quantitative estimate of drug-likeness (QED) is 0.179. The Kier molecular flexibility index (Phi) is 5.75. The van der Waals surface area contributed by atoms with Gasteiger partial charge >= 0.3 is 0 Å². The summed E-state index contributed by atoms with van der Waals surface area (Å²) < 4.78 is 3.14. The molecule has 0 spiro atoms. The van der Waals surface area contributed by atoms with Crippen LogP contribution in [0.3, 0.4) is 0 Å². The molecule has 0 amide bonds. The summed E-state index contributed by atoms with van der Waals surface area (Å²) in [5, 5.41) is 0. The van der Waals surface area contributed by atoms with Crippen molar-refractivity contribution in [2.45, 2.75) is 39.5 Å². The third kappa shape index (κ3) is 4.30. The molecule has 0 saturated carbocycles. The fourth-order valence-corrected chi connectivity index (χ4v) is 4.85. The molecule has 3 aromatic rings. The van der Waals surface area contributed by atoms with Crippen LogP contribution in [0.1, 0.15) is 52.8 Å². The Morgan fingerprint density at radius 3 is 2.55 bits per heavy atom. The third-order valence-electron chi connectivity index (χ3n) is 5.08. The summed E-state index contributed by atoms with van der Waals surface area (Å²) in [5.74, 6) is 3.33. The highest BCUT2D eigenvalue weighted by Crippen LogP contribution is 2.33. The lowest BCUT2D eigenvalue weighted by molar-refractivity contribution is 0.101. The molecule has 0 unspecified atom stereocenters. The van der Waals surface area contributed by atoms with Crippen LogP contribution in [0.15, 0.2) is 53.8 Å². The van der Waals surface area contributed by atoms with Crippen molar-refractivity contribution in [2.24, 2.45) is 4.99 Å². The number of benzene rings is 2. The van der Waals surface area contributed by atoms with E-state index in [0.717, 1.165) is 37.4 Å². The van der Waals surface area contributed by atoms with E-state index in [1.165, 1.54) is 0 Å². The highest BCUT2D eigenvalue weighted by molar-refractivity contribution is 14.1. The monoisotopic (exact) mass is 537 g/mol. The van der Waals surface area contributed by atoms with Crippen LogP contribution in [0.5, 0.6) is 0 Å². The summed E-state index contributed by atoms with van der Waals surface area (Å²) in [4.78, 5) is 21.8. The van der Waals surface area contributed by atoms with Crippen molar-refractivity contribution < 1.29 is 4.79 Å². The zero-order valence-electron chi connectivity index (χ0n) is 18.3. The smallest absolute Gasteiger partial charge is 0.180 e. The summed E-state index contributed by atoms with van der Waals surface area (Å²) in [6, 6.07) is 14.3. The maximum Gasteiger partial charge on any atom is 0.180 e. The van der Waals surface area contributed by atoms with E-state index < -0.39 is 8.07 Å². The number of rotatable bonds is 2. The van der Waals surface area contributed by atoms with Gasteiger partial charge in [-0.3, -0.25) is 14.4 Å². The summed E-state index contributed by atoms with van der Waals surface area (Å²) in [6.45, 7) is 10.3. The van der Waals surface area contributed by atoms with Gasteiger partial charge in [-0.05, 0) is 53.8 Å². The van der Waals surface area contributed by atoms with Gasteiger partial charge < -0.3 is 0 Å². The van der Waals surface area contributed by atoms with Crippen molar-refractivity contribution in [1.29, 1.82) is 0 Å². The van der Waals surface area contributed by atoms with Crippen LogP contribution in [0.25, 0.3) is 5.69 Å². The lowest BCUT2D eigenvalue weighted by Crippen LogP contribution is -2.16. The van der Waals surface area contributed by atoms with Gasteiger partial charge in [-0.15, -0.1) is 5.54 Å². The first-order chi connectivity index (χ1) is 14.7. The van der Waals surface area contributed by atoms with Crippen molar-refractivity contribution in [2.75, 3.05) is 0 Å². The van der Waals surface area contributed by atoms with Gasteiger partial charge in [-0.25, -0.2) is 4.98 Å². The van der Waals surface area contributed by atoms with Crippen LogP contribution in [0.4, 0.5) is 0 Å². The highest BCUT2D eigenvalue weighted by atomic mass is 127. The zero-order valence-corrected chi connectivity index (χ0v) is 21.5. The standard InChI is InChI=1S/C25H24IN3OSi/c1-16-25-23(17(2)30)27-15-29(25)22-11-10-18(12-13-31(3,4)5)14-20(22)24(28-16)19-8-6-7-9-21(19)26/h6-11,14-16H,1-5H3/t16-/m1/s1. The second kappa shape index (κ2) is 8.21. The maximum absolute atomic E-state index is 12.2. The number of nitrogens with zero attached hydrogens (tertiary/aromatic N) is 3. The predicted octanol–water partition coefficient (Wildman–Crippen LogP) is 5.82. The van der Waals surface area contributed by atoms with Gasteiger partial charge in [0.05, 0.1) is 23.1 Å². The lowest BCUT2D eigenvalue weighted by Gasteiger charge is -2.13. The van der Waals surface area contributed by atoms with Crippen molar-refractivity contribution in [1.82, 2.24) is 9.55 Å². The van der Waals surface area contributed by atoms with E-state index in [0.29, 0.717) is 5.69 Å². The van der Waals surface area contributed by atoms with Gasteiger partial charge in [-0.2, -0.15) is 0 Å². The minimum Gasteiger partial charge on any atom is -0.300 e. The number of fused-ring (bicyclic) bond motifs is 3. The fourth-order valence-electron chi connectivity index (χ4n) is 3.69. The van der Waals surface area contributed by atoms with Gasteiger partial charge in [0.2, 0.25) is 0 Å². The van der Waals surface area contributed by atoms with E-state index >= 15 is 0 Å². The first-order valence-corrected chi connectivity index (χ1v) is 14.8. The molecule has 1 aliphatic rings. The second-order valence-electron chi connectivity index (χ2n) is 8.77. The van der Waals surface area contributed by atoms with Crippen molar-refractivity contribution >= 4 is 42.2 Å². The van der Waals surface area contributed by atoms with Crippen LogP contribution in [0.2, 0.25) is 19.6 Å². The van der Waals surface area contributed by atoms with Gasteiger partial charge in [0.25, 0.3) is 0 Å². The number of Topliss-reactive ketones (excluding diaryl/α,β-unsaturated/α-hetero) is 1. The number of hydrogen-bond acceptors (Lipinski definition) is 3. The molecule has 1 atom stereocenters. The van der Waals surface area contributed by atoms with E-state index in [2.05, 4.69) is 82.9 Å². The van der Waals surface area contributed by atoms with Crippen LogP contribution in [-0.2, 0) is 0 Å². The molecule has 31 heavy (non-hydrogen) atoms. The molecule has 4 rings (SSSR count). The molecular formula is C25H24IN3OSi. The van der Waals surface area contributed by atoms with Crippen LogP contribution < -0.4 is 0 Å². The minimum absolute atomic E-state index is 0.0484. The van der Waals surface area contributed by atoms with E-state index in [9.17, 15) is 4.79 Å². The van der Waals surface area contributed by atoms with Crippen molar-refractivity contribution in [3.05, 3.63) is 80.4 Å². The summed E-state index contributed by atoms with van der Waals surface area (Å²) in [7, 11) is -1.50. The molecule has 2 heterocycles. The number of aromatic nitrogens is 2. The average Bonchev–Trinajstić information content (AvgIpc) is 3.11. The van der Waals surface area contributed by atoms with Crippen molar-refractivity contribution in [3.63, 3.8) is 0 Å². The summed E-state index contributed by atoms with van der Waals surface area (Å²) in [5.41, 5.74) is 9.71. The summed E-state index contributed by atoms with van der Waals surface area (Å²) in [6.07, 6.45) is 1.74. The molecule has 4 nitrogen and oxygen atoms in total. The summed E-state index contributed by atoms with van der Waals surface area (Å²) >= 11 is 2.36. The molecular weight excluding hydrogens is 513 g/mol. The molecule has 0 N–H and O–H groups in total. The Bertz CT molecular complexity index is 1290. The molecule has 0 fully saturated rings. The Balaban J connectivity index is 2.02. The lowest BCUT2D eigenvalue weighted by atomic mass is 9.98. The van der Waals surface area contributed by atoms with Crippen LogP contribution in [0, 0.1) is 15.0 Å². The number of ketones is 1. The average molecular weight is 537 g/mol. The van der Waals surface area contributed by atoms with Crippen molar-refractivity contribution in [3.8, 4) is 17.2 Å². The van der Waals surface area contributed by atoms with E-state index in [1.54, 1.807) is 13.3 Å². The Hall–Kier alpha value is -2.50. The zero-order chi connectivity index (χ0) is 22.3. The minimum atomic E-state index is -1.50. The third-order valence-corrected chi connectivity index (χ3v) is 6.89. The molecule has 0 bridgehead atoms. The normalized spacial score (nSPS) is 15.2. The maximum atomic E-state index is 12.2. The second-order valence-corrected chi connectivity index (χ2v) is 14.7. The number of hydrogen-bond donors (Lipinski definition) is 0. The molecule has 0 saturated heterocycles. The highest BCUT2D eigenvalue weighted by Gasteiger charge is 2.28. The van der Waals surface area contributed by atoms with Gasteiger partial charge in [0.1, 0.15) is 20.1 Å². The van der Waals surface area contributed by atoms with Gasteiger partial charge in [-0.1, -0.05) is 43.8 Å². The predicted molar refractivity (Wildman–Crippen MR) is 137 cm³/mol. The number of carbonyl (C=O) groups excluding carboxylic acids is 1. The molecule has 0 aliphatic carbocycles. The molecule has 6 heteroatoms. The number of aliphatic imine (C=N–C) groups is 1. The first-order valence-electron chi connectivity index (χ1n) is 10.2. The first kappa shape index (κ1) is 21.7.